The van der Waals surface area contributed by atoms with Crippen molar-refractivity contribution in [1.82, 2.24) is 4.98 Å². The van der Waals surface area contributed by atoms with Gasteiger partial charge < -0.3 is 4.42 Å². The Bertz CT molecular complexity index is 1200. The molecule has 0 saturated carbocycles. The van der Waals surface area contributed by atoms with Crippen molar-refractivity contribution in [2.24, 2.45) is 0 Å². The minimum Gasteiger partial charge on any atom is -0.423 e. The third-order valence-electron chi connectivity index (χ3n) is 4.03. The number of hydrogen-bond donors (Lipinski definition) is 0. The highest BCUT2D eigenvalue weighted by Gasteiger charge is 2.16. The zero-order chi connectivity index (χ0) is 18.1. The van der Waals surface area contributed by atoms with E-state index in [1.165, 1.54) is 36.2 Å². The number of hydrogen-bond acceptors (Lipinski definition) is 6. The summed E-state index contributed by atoms with van der Waals surface area (Å²) in [5.41, 5.74) is 0.772. The lowest BCUT2D eigenvalue weighted by molar-refractivity contribution is -0.388. The fourth-order valence-corrected chi connectivity index (χ4v) is 3.86. The van der Waals surface area contributed by atoms with Gasteiger partial charge in [-0.3, -0.25) is 10.1 Å². The molecule has 0 bridgehead atoms. The van der Waals surface area contributed by atoms with Crippen molar-refractivity contribution >= 4 is 39.2 Å². The SMILES string of the molecule is O=c1cc(CSc2ncccc2[N+](=O)[O-])c2c(ccc3ccccc32)o1. The van der Waals surface area contributed by atoms with Gasteiger partial charge in [-0.15, -0.1) is 0 Å². The monoisotopic (exact) mass is 364 g/mol. The fourth-order valence-electron chi connectivity index (χ4n) is 2.91. The smallest absolute Gasteiger partial charge is 0.336 e. The van der Waals surface area contributed by atoms with Crippen LogP contribution in [0.25, 0.3) is 21.7 Å². The molecule has 0 radical (unpaired) electrons. The molecule has 0 atom stereocenters. The second-order valence-electron chi connectivity index (χ2n) is 5.62. The van der Waals surface area contributed by atoms with Crippen molar-refractivity contribution < 1.29 is 9.34 Å². The van der Waals surface area contributed by atoms with Gasteiger partial charge in [0.2, 0.25) is 0 Å². The van der Waals surface area contributed by atoms with Gasteiger partial charge in [0.1, 0.15) is 5.58 Å². The first-order chi connectivity index (χ1) is 12.6. The number of nitrogens with zero attached hydrogens (tertiary/aromatic N) is 2. The van der Waals surface area contributed by atoms with Gasteiger partial charge in [-0.25, -0.2) is 9.78 Å². The van der Waals surface area contributed by atoms with E-state index in [0.717, 1.165) is 21.7 Å². The number of nitro groups is 1. The quantitative estimate of drug-likeness (QED) is 0.174. The maximum absolute atomic E-state index is 11.9. The van der Waals surface area contributed by atoms with Crippen LogP contribution in [-0.4, -0.2) is 9.91 Å². The predicted molar refractivity (Wildman–Crippen MR) is 100 cm³/mol. The molecule has 0 unspecified atom stereocenters. The summed E-state index contributed by atoms with van der Waals surface area (Å²) >= 11 is 1.23. The van der Waals surface area contributed by atoms with E-state index in [4.69, 9.17) is 4.42 Å². The van der Waals surface area contributed by atoms with E-state index in [2.05, 4.69) is 4.98 Å². The molecular weight excluding hydrogens is 352 g/mol. The Morgan fingerprint density at radius 1 is 1.12 bits per heavy atom. The van der Waals surface area contributed by atoms with E-state index in [0.29, 0.717) is 16.4 Å². The van der Waals surface area contributed by atoms with E-state index < -0.39 is 10.5 Å². The summed E-state index contributed by atoms with van der Waals surface area (Å²) in [5.74, 6) is 0.369. The Morgan fingerprint density at radius 2 is 1.96 bits per heavy atom. The van der Waals surface area contributed by atoms with E-state index in [1.54, 1.807) is 6.07 Å². The van der Waals surface area contributed by atoms with Crippen molar-refractivity contribution in [2.75, 3.05) is 0 Å². The van der Waals surface area contributed by atoms with Crippen LogP contribution in [0.15, 0.2) is 75.0 Å². The van der Waals surface area contributed by atoms with Crippen LogP contribution in [0.5, 0.6) is 0 Å². The molecule has 0 saturated heterocycles. The van der Waals surface area contributed by atoms with Gasteiger partial charge >= 0.3 is 11.3 Å². The number of benzene rings is 2. The van der Waals surface area contributed by atoms with Crippen LogP contribution in [0.2, 0.25) is 0 Å². The Hall–Kier alpha value is -3.19. The molecule has 4 rings (SSSR count). The number of rotatable bonds is 4. The van der Waals surface area contributed by atoms with E-state index in [1.807, 2.05) is 30.3 Å². The van der Waals surface area contributed by atoms with Crippen molar-refractivity contribution in [3.8, 4) is 0 Å². The zero-order valence-electron chi connectivity index (χ0n) is 13.4. The number of fused-ring (bicyclic) bond motifs is 3. The molecule has 4 aromatic rings. The third-order valence-corrected chi connectivity index (χ3v) is 5.07. The van der Waals surface area contributed by atoms with E-state index >= 15 is 0 Å². The summed E-state index contributed by atoms with van der Waals surface area (Å²) in [5, 5.41) is 14.3. The van der Waals surface area contributed by atoms with Gasteiger partial charge in [0.25, 0.3) is 0 Å². The largest absolute Gasteiger partial charge is 0.423 e. The average molecular weight is 364 g/mol. The van der Waals surface area contributed by atoms with Gasteiger partial charge in [0.15, 0.2) is 5.03 Å². The molecule has 128 valence electrons. The molecule has 2 aromatic heterocycles. The van der Waals surface area contributed by atoms with Gasteiger partial charge in [0.05, 0.1) is 4.92 Å². The average Bonchev–Trinajstić information content (AvgIpc) is 2.65. The minimum absolute atomic E-state index is 0.0466. The highest BCUT2D eigenvalue weighted by Crippen LogP contribution is 2.33. The predicted octanol–water partition coefficient (Wildman–Crippen LogP) is 4.54. The van der Waals surface area contributed by atoms with Gasteiger partial charge in [-0.05, 0) is 28.5 Å². The topological polar surface area (TPSA) is 86.2 Å². The molecule has 2 aromatic carbocycles. The second kappa shape index (κ2) is 6.61. The minimum atomic E-state index is -0.456. The Labute approximate surface area is 151 Å². The summed E-state index contributed by atoms with van der Waals surface area (Å²) in [6, 6.07) is 15.9. The van der Waals surface area contributed by atoms with Crippen LogP contribution in [0, 0.1) is 10.1 Å². The molecule has 7 heteroatoms. The number of thioether (sulfide) groups is 1. The van der Waals surface area contributed by atoms with Crippen molar-refractivity contribution in [3.63, 3.8) is 0 Å². The number of pyridine rings is 1. The molecule has 26 heavy (non-hydrogen) atoms. The Balaban J connectivity index is 1.83. The van der Waals surface area contributed by atoms with E-state index in [9.17, 15) is 14.9 Å². The molecule has 0 aliphatic heterocycles. The summed E-state index contributed by atoms with van der Waals surface area (Å²) in [4.78, 5) is 26.7. The summed E-state index contributed by atoms with van der Waals surface area (Å²) in [6.45, 7) is 0. The number of aromatic nitrogens is 1. The summed E-state index contributed by atoms with van der Waals surface area (Å²) in [6.07, 6.45) is 1.52. The highest BCUT2D eigenvalue weighted by atomic mass is 32.2. The van der Waals surface area contributed by atoms with Crippen LogP contribution in [0.4, 0.5) is 5.69 Å². The molecule has 2 heterocycles. The van der Waals surface area contributed by atoms with Crippen LogP contribution in [0.3, 0.4) is 0 Å². The molecule has 0 fully saturated rings. The first-order valence-electron chi connectivity index (χ1n) is 7.80. The summed E-state index contributed by atoms with van der Waals surface area (Å²) < 4.78 is 5.34. The van der Waals surface area contributed by atoms with Gasteiger partial charge in [0, 0.05) is 29.5 Å². The zero-order valence-corrected chi connectivity index (χ0v) is 14.2. The van der Waals surface area contributed by atoms with Crippen molar-refractivity contribution in [1.29, 1.82) is 0 Å². The first-order valence-corrected chi connectivity index (χ1v) is 8.79. The van der Waals surface area contributed by atoms with Crippen molar-refractivity contribution in [2.45, 2.75) is 10.8 Å². The highest BCUT2D eigenvalue weighted by molar-refractivity contribution is 7.98. The van der Waals surface area contributed by atoms with Gasteiger partial charge in [-0.2, -0.15) is 0 Å². The van der Waals surface area contributed by atoms with Crippen molar-refractivity contribution in [3.05, 3.63) is 86.9 Å². The standard InChI is InChI=1S/C19H12N2O4S/c22-17-10-13(11-26-19-15(21(23)24)6-3-9-20-19)18-14-5-2-1-4-12(14)7-8-16(18)25-17/h1-10H,11H2. The Kier molecular flexibility index (Phi) is 4.14. The second-order valence-corrected chi connectivity index (χ2v) is 6.59. The molecule has 0 amide bonds. The first kappa shape index (κ1) is 16.3. The third kappa shape index (κ3) is 2.93. The lowest BCUT2D eigenvalue weighted by Crippen LogP contribution is -2.01. The lowest BCUT2D eigenvalue weighted by Gasteiger charge is -2.08. The lowest BCUT2D eigenvalue weighted by atomic mass is 10.0. The molecule has 0 aliphatic carbocycles. The van der Waals surface area contributed by atoms with Crippen LogP contribution < -0.4 is 5.63 Å². The summed E-state index contributed by atoms with van der Waals surface area (Å²) in [7, 11) is 0. The van der Waals surface area contributed by atoms with Crippen LogP contribution >= 0.6 is 11.8 Å². The molecule has 0 aliphatic rings. The molecule has 0 spiro atoms. The Morgan fingerprint density at radius 3 is 2.81 bits per heavy atom. The molecule has 0 N–H and O–H groups in total. The maximum Gasteiger partial charge on any atom is 0.336 e. The molecular formula is C19H12N2O4S. The van der Waals surface area contributed by atoms with Crippen LogP contribution in [0.1, 0.15) is 5.56 Å². The normalized spacial score (nSPS) is 11.1. The fraction of sp³-hybridized carbons (Fsp3) is 0.0526. The van der Waals surface area contributed by atoms with Crippen LogP contribution in [-0.2, 0) is 5.75 Å². The molecule has 6 nitrogen and oxygen atoms in total. The maximum atomic E-state index is 11.9. The van der Waals surface area contributed by atoms with E-state index in [-0.39, 0.29) is 5.69 Å². The van der Waals surface area contributed by atoms with Gasteiger partial charge in [-0.1, -0.05) is 42.1 Å².